The van der Waals surface area contributed by atoms with Crippen LogP contribution in [0.3, 0.4) is 0 Å². The number of H-pyrrole nitrogens is 1. The molecule has 1 aliphatic heterocycles. The molecular formula is C15H18N4O3S. The lowest BCUT2D eigenvalue weighted by atomic mass is 10.1. The van der Waals surface area contributed by atoms with Crippen molar-refractivity contribution in [2.24, 2.45) is 5.92 Å². The quantitative estimate of drug-likeness (QED) is 0.790. The van der Waals surface area contributed by atoms with Gasteiger partial charge < -0.3 is 15.6 Å². The Labute approximate surface area is 134 Å². The number of sulfone groups is 1. The highest BCUT2D eigenvalue weighted by Gasteiger charge is 2.27. The van der Waals surface area contributed by atoms with Gasteiger partial charge in [-0.3, -0.25) is 0 Å². The van der Waals surface area contributed by atoms with Gasteiger partial charge in [0.15, 0.2) is 9.84 Å². The molecule has 1 aliphatic rings. The number of aromatic amines is 1. The molecular weight excluding hydrogens is 316 g/mol. The van der Waals surface area contributed by atoms with Gasteiger partial charge >= 0.3 is 6.03 Å². The molecule has 122 valence electrons. The maximum Gasteiger partial charge on any atom is 0.319 e. The van der Waals surface area contributed by atoms with Crippen molar-refractivity contribution in [1.82, 2.24) is 15.3 Å². The summed E-state index contributed by atoms with van der Waals surface area (Å²) in [6, 6.07) is 7.05. The first-order valence-electron chi connectivity index (χ1n) is 7.36. The van der Waals surface area contributed by atoms with Crippen LogP contribution >= 0.6 is 0 Å². The summed E-state index contributed by atoms with van der Waals surface area (Å²) in [7, 11) is -2.91. The van der Waals surface area contributed by atoms with Crippen LogP contribution in [-0.2, 0) is 9.84 Å². The van der Waals surface area contributed by atoms with Crippen molar-refractivity contribution in [3.8, 4) is 11.3 Å². The van der Waals surface area contributed by atoms with E-state index in [1.54, 1.807) is 18.6 Å². The number of carbonyl (C=O) groups excluding carboxylic acids is 1. The van der Waals surface area contributed by atoms with E-state index in [4.69, 9.17) is 0 Å². The van der Waals surface area contributed by atoms with Crippen molar-refractivity contribution in [3.05, 3.63) is 36.8 Å². The van der Waals surface area contributed by atoms with Gasteiger partial charge in [-0.2, -0.15) is 0 Å². The van der Waals surface area contributed by atoms with Gasteiger partial charge in [0.25, 0.3) is 0 Å². The molecule has 1 saturated heterocycles. The number of hydrogen-bond donors (Lipinski definition) is 3. The zero-order valence-corrected chi connectivity index (χ0v) is 13.3. The van der Waals surface area contributed by atoms with E-state index in [1.807, 2.05) is 18.2 Å². The summed E-state index contributed by atoms with van der Waals surface area (Å²) >= 11 is 0. The van der Waals surface area contributed by atoms with Crippen molar-refractivity contribution < 1.29 is 13.2 Å². The van der Waals surface area contributed by atoms with Crippen molar-refractivity contribution in [2.75, 3.05) is 23.4 Å². The molecule has 2 heterocycles. The Bertz CT molecular complexity index is 787. The van der Waals surface area contributed by atoms with Crippen LogP contribution in [0.15, 0.2) is 36.8 Å². The molecule has 2 amide bonds. The highest BCUT2D eigenvalue weighted by atomic mass is 32.2. The van der Waals surface area contributed by atoms with Crippen molar-refractivity contribution in [2.45, 2.75) is 6.42 Å². The van der Waals surface area contributed by atoms with Gasteiger partial charge in [0.1, 0.15) is 0 Å². The number of anilines is 1. The highest BCUT2D eigenvalue weighted by molar-refractivity contribution is 7.91. The third-order valence-corrected chi connectivity index (χ3v) is 5.64. The third kappa shape index (κ3) is 4.10. The van der Waals surface area contributed by atoms with Gasteiger partial charge in [0.05, 0.1) is 29.7 Å². The van der Waals surface area contributed by atoms with E-state index in [-0.39, 0.29) is 23.5 Å². The molecule has 0 spiro atoms. The average Bonchev–Trinajstić information content (AvgIpc) is 3.15. The van der Waals surface area contributed by atoms with Crippen molar-refractivity contribution in [1.29, 1.82) is 0 Å². The number of benzene rings is 1. The maximum absolute atomic E-state index is 11.9. The van der Waals surface area contributed by atoms with E-state index in [0.29, 0.717) is 18.7 Å². The van der Waals surface area contributed by atoms with Gasteiger partial charge in [-0.25, -0.2) is 18.2 Å². The van der Waals surface area contributed by atoms with E-state index in [1.165, 1.54) is 0 Å². The monoisotopic (exact) mass is 334 g/mol. The Morgan fingerprint density at radius 3 is 2.96 bits per heavy atom. The van der Waals surface area contributed by atoms with E-state index >= 15 is 0 Å². The summed E-state index contributed by atoms with van der Waals surface area (Å²) in [6.45, 7) is 0.366. The number of aromatic nitrogens is 2. The molecule has 2 aromatic rings. The SMILES string of the molecule is O=C(NCC1CCS(=O)(=O)C1)Nc1cccc(-c2cnc[nH]2)c1. The number of carbonyl (C=O) groups is 1. The predicted molar refractivity (Wildman–Crippen MR) is 87.8 cm³/mol. The zero-order valence-electron chi connectivity index (χ0n) is 12.5. The zero-order chi connectivity index (χ0) is 16.3. The van der Waals surface area contributed by atoms with Crippen LogP contribution in [-0.4, -0.2) is 42.5 Å². The molecule has 1 atom stereocenters. The number of imidazole rings is 1. The molecule has 3 rings (SSSR count). The third-order valence-electron chi connectivity index (χ3n) is 3.81. The van der Waals surface area contributed by atoms with Crippen LogP contribution < -0.4 is 10.6 Å². The minimum absolute atomic E-state index is 0.00192. The number of nitrogens with zero attached hydrogens (tertiary/aromatic N) is 1. The van der Waals surface area contributed by atoms with E-state index in [9.17, 15) is 13.2 Å². The fraction of sp³-hybridized carbons (Fsp3) is 0.333. The Kier molecular flexibility index (Phi) is 4.33. The summed E-state index contributed by atoms with van der Waals surface area (Å²) in [4.78, 5) is 18.9. The molecule has 23 heavy (non-hydrogen) atoms. The lowest BCUT2D eigenvalue weighted by molar-refractivity contribution is 0.250. The summed E-state index contributed by atoms with van der Waals surface area (Å²) in [6.07, 6.45) is 3.91. The maximum atomic E-state index is 11.9. The molecule has 7 nitrogen and oxygen atoms in total. The van der Waals surface area contributed by atoms with Gasteiger partial charge in [-0.15, -0.1) is 0 Å². The predicted octanol–water partition coefficient (Wildman–Crippen LogP) is 1.63. The lowest BCUT2D eigenvalue weighted by Gasteiger charge is -2.11. The van der Waals surface area contributed by atoms with Crippen LogP contribution in [0.1, 0.15) is 6.42 Å². The fourth-order valence-electron chi connectivity index (χ4n) is 2.62. The van der Waals surface area contributed by atoms with Gasteiger partial charge in [0, 0.05) is 17.8 Å². The minimum Gasteiger partial charge on any atom is -0.345 e. The average molecular weight is 334 g/mol. The largest absolute Gasteiger partial charge is 0.345 e. The normalized spacial score (nSPS) is 19.4. The number of urea groups is 1. The highest BCUT2D eigenvalue weighted by Crippen LogP contribution is 2.20. The second-order valence-electron chi connectivity index (χ2n) is 5.65. The standard InChI is InChI=1S/C15H18N4O3S/c20-15(17-7-11-4-5-23(21,22)9-11)19-13-3-1-2-12(6-13)14-8-16-10-18-14/h1-3,6,8,10-11H,4-5,7,9H2,(H,16,18)(H2,17,19,20). The smallest absolute Gasteiger partial charge is 0.319 e. The van der Waals surface area contributed by atoms with Crippen LogP contribution in [0.5, 0.6) is 0 Å². The molecule has 8 heteroatoms. The molecule has 0 radical (unpaired) electrons. The van der Waals surface area contributed by atoms with E-state index in [2.05, 4.69) is 20.6 Å². The van der Waals surface area contributed by atoms with E-state index in [0.717, 1.165) is 11.3 Å². The first kappa shape index (κ1) is 15.5. The van der Waals surface area contributed by atoms with Crippen molar-refractivity contribution in [3.63, 3.8) is 0 Å². The van der Waals surface area contributed by atoms with Crippen LogP contribution in [0.4, 0.5) is 10.5 Å². The molecule has 1 fully saturated rings. The van der Waals surface area contributed by atoms with Crippen LogP contribution in [0.25, 0.3) is 11.3 Å². The van der Waals surface area contributed by atoms with Gasteiger partial charge in [-0.1, -0.05) is 12.1 Å². The molecule has 0 aliphatic carbocycles. The summed E-state index contributed by atoms with van der Waals surface area (Å²) in [5, 5.41) is 5.49. The summed E-state index contributed by atoms with van der Waals surface area (Å²) in [5.74, 6) is 0.373. The summed E-state index contributed by atoms with van der Waals surface area (Å²) in [5.41, 5.74) is 2.45. The Balaban J connectivity index is 1.55. The minimum atomic E-state index is -2.91. The summed E-state index contributed by atoms with van der Waals surface area (Å²) < 4.78 is 22.8. The van der Waals surface area contributed by atoms with Gasteiger partial charge in [-0.05, 0) is 24.5 Å². The van der Waals surface area contributed by atoms with Crippen LogP contribution in [0, 0.1) is 5.92 Å². The molecule has 0 bridgehead atoms. The Morgan fingerprint density at radius 1 is 1.39 bits per heavy atom. The van der Waals surface area contributed by atoms with E-state index < -0.39 is 9.84 Å². The Hall–Kier alpha value is -2.35. The Morgan fingerprint density at radius 2 is 2.26 bits per heavy atom. The molecule has 0 saturated carbocycles. The number of nitrogens with one attached hydrogen (secondary N) is 3. The lowest BCUT2D eigenvalue weighted by Crippen LogP contribution is -2.33. The molecule has 1 aromatic carbocycles. The topological polar surface area (TPSA) is 104 Å². The second-order valence-corrected chi connectivity index (χ2v) is 7.88. The first-order valence-corrected chi connectivity index (χ1v) is 9.18. The number of rotatable bonds is 4. The van der Waals surface area contributed by atoms with Gasteiger partial charge in [0.2, 0.25) is 0 Å². The first-order chi connectivity index (χ1) is 11.0. The van der Waals surface area contributed by atoms with Crippen LogP contribution in [0.2, 0.25) is 0 Å². The second kappa shape index (κ2) is 6.41. The number of hydrogen-bond acceptors (Lipinski definition) is 4. The molecule has 1 unspecified atom stereocenters. The fourth-order valence-corrected chi connectivity index (χ4v) is 4.49. The van der Waals surface area contributed by atoms with Crippen molar-refractivity contribution >= 4 is 21.6 Å². The molecule has 1 aromatic heterocycles. The molecule has 3 N–H and O–H groups in total. The number of amides is 2.